The number of benzene rings is 2. The average molecular weight is 410 g/mol. The molecule has 2 aromatic rings. The predicted molar refractivity (Wildman–Crippen MR) is 117 cm³/mol. The van der Waals surface area contributed by atoms with Crippen molar-refractivity contribution in [3.8, 4) is 0 Å². The Kier molecular flexibility index (Phi) is 6.52. The highest BCUT2D eigenvalue weighted by molar-refractivity contribution is 7.99. The third-order valence-corrected chi connectivity index (χ3v) is 6.67. The first-order valence-electron chi connectivity index (χ1n) is 10.2. The number of nitrogens with zero attached hydrogens (tertiary/aromatic N) is 2. The Morgan fingerprint density at radius 2 is 1.52 bits per heavy atom. The van der Waals surface area contributed by atoms with Crippen molar-refractivity contribution in [3.05, 3.63) is 71.8 Å². The summed E-state index contributed by atoms with van der Waals surface area (Å²) in [5.74, 6) is 1.50. The van der Waals surface area contributed by atoms with Crippen molar-refractivity contribution in [2.24, 2.45) is 0 Å². The van der Waals surface area contributed by atoms with Crippen LogP contribution in [0.15, 0.2) is 60.7 Å². The molecule has 2 amide bonds. The molecule has 0 bridgehead atoms. The predicted octanol–water partition coefficient (Wildman–Crippen LogP) is 2.54. The molecule has 0 spiro atoms. The molecular weight excluding hydrogens is 382 g/mol. The van der Waals surface area contributed by atoms with Crippen LogP contribution in [0.4, 0.5) is 0 Å². The Labute approximate surface area is 176 Å². The highest BCUT2D eigenvalue weighted by Gasteiger charge is 2.32. The standard InChI is InChI=1S/C23H27N3O2S/c27-21-11-16-29-17-20(24-21)23(28)26-14-12-25(13-15-26)22(18-7-3-1-4-8-18)19-9-5-2-6-10-19/h1-10,20,22H,11-17H2,(H,24,27)/t20-/m1/s1. The first kappa shape index (κ1) is 20.0. The van der Waals surface area contributed by atoms with E-state index in [0.717, 1.165) is 18.8 Å². The molecule has 29 heavy (non-hydrogen) atoms. The summed E-state index contributed by atoms with van der Waals surface area (Å²) in [6.45, 7) is 3.00. The van der Waals surface area contributed by atoms with Gasteiger partial charge in [0.2, 0.25) is 11.8 Å². The van der Waals surface area contributed by atoms with E-state index in [2.05, 4.69) is 58.7 Å². The zero-order chi connectivity index (χ0) is 20.1. The number of piperazine rings is 1. The van der Waals surface area contributed by atoms with E-state index in [0.29, 0.717) is 25.3 Å². The van der Waals surface area contributed by atoms with Gasteiger partial charge in [0, 0.05) is 44.1 Å². The first-order valence-corrected chi connectivity index (χ1v) is 11.4. The molecule has 0 aliphatic carbocycles. The number of carbonyl (C=O) groups is 2. The van der Waals surface area contributed by atoms with Gasteiger partial charge in [0.15, 0.2) is 0 Å². The van der Waals surface area contributed by atoms with Crippen molar-refractivity contribution in [1.82, 2.24) is 15.1 Å². The molecular formula is C23H27N3O2S. The maximum Gasteiger partial charge on any atom is 0.246 e. The molecule has 2 saturated heterocycles. The van der Waals surface area contributed by atoms with Crippen LogP contribution in [0.3, 0.4) is 0 Å². The fourth-order valence-electron chi connectivity index (χ4n) is 4.11. The number of hydrogen-bond acceptors (Lipinski definition) is 4. The largest absolute Gasteiger partial charge is 0.343 e. The molecule has 2 heterocycles. The molecule has 2 aromatic carbocycles. The summed E-state index contributed by atoms with van der Waals surface area (Å²) in [6.07, 6.45) is 0.498. The molecule has 5 nitrogen and oxygen atoms in total. The zero-order valence-corrected chi connectivity index (χ0v) is 17.3. The number of nitrogens with one attached hydrogen (secondary N) is 1. The smallest absolute Gasteiger partial charge is 0.246 e. The summed E-state index contributed by atoms with van der Waals surface area (Å²) in [5, 5.41) is 2.90. The number of carbonyl (C=O) groups excluding carboxylic acids is 2. The lowest BCUT2D eigenvalue weighted by Crippen LogP contribution is -2.55. The van der Waals surface area contributed by atoms with Crippen LogP contribution in [0.25, 0.3) is 0 Å². The lowest BCUT2D eigenvalue weighted by molar-refractivity contribution is -0.137. The van der Waals surface area contributed by atoms with Crippen LogP contribution in [0, 0.1) is 0 Å². The lowest BCUT2D eigenvalue weighted by Gasteiger charge is -2.40. The van der Waals surface area contributed by atoms with E-state index in [9.17, 15) is 9.59 Å². The minimum Gasteiger partial charge on any atom is -0.343 e. The molecule has 1 N–H and O–H groups in total. The summed E-state index contributed by atoms with van der Waals surface area (Å²) in [4.78, 5) is 29.2. The second-order valence-corrected chi connectivity index (χ2v) is 8.68. The number of amides is 2. The van der Waals surface area contributed by atoms with Crippen LogP contribution in [0.1, 0.15) is 23.6 Å². The number of rotatable bonds is 4. The molecule has 0 aromatic heterocycles. The van der Waals surface area contributed by atoms with Gasteiger partial charge in [-0.15, -0.1) is 0 Å². The van der Waals surface area contributed by atoms with Crippen molar-refractivity contribution in [3.63, 3.8) is 0 Å². The molecule has 2 fully saturated rings. The van der Waals surface area contributed by atoms with Crippen LogP contribution in [-0.4, -0.2) is 65.3 Å². The van der Waals surface area contributed by atoms with Crippen molar-refractivity contribution in [2.75, 3.05) is 37.7 Å². The van der Waals surface area contributed by atoms with Crippen LogP contribution >= 0.6 is 11.8 Å². The van der Waals surface area contributed by atoms with Gasteiger partial charge in [0.1, 0.15) is 6.04 Å². The molecule has 0 unspecified atom stereocenters. The fraction of sp³-hybridized carbons (Fsp3) is 0.391. The van der Waals surface area contributed by atoms with E-state index >= 15 is 0 Å². The van der Waals surface area contributed by atoms with Crippen molar-refractivity contribution < 1.29 is 9.59 Å². The lowest BCUT2D eigenvalue weighted by atomic mass is 9.96. The van der Waals surface area contributed by atoms with Gasteiger partial charge in [-0.3, -0.25) is 14.5 Å². The minimum atomic E-state index is -0.388. The van der Waals surface area contributed by atoms with E-state index in [1.165, 1.54) is 11.1 Å². The molecule has 0 radical (unpaired) electrons. The molecule has 152 valence electrons. The second-order valence-electron chi connectivity index (χ2n) is 7.53. The maximum absolute atomic E-state index is 12.9. The third-order valence-electron chi connectivity index (χ3n) is 5.61. The highest BCUT2D eigenvalue weighted by atomic mass is 32.2. The van der Waals surface area contributed by atoms with E-state index in [4.69, 9.17) is 0 Å². The van der Waals surface area contributed by atoms with Gasteiger partial charge in [-0.05, 0) is 11.1 Å². The van der Waals surface area contributed by atoms with Crippen molar-refractivity contribution in [2.45, 2.75) is 18.5 Å². The van der Waals surface area contributed by atoms with Gasteiger partial charge >= 0.3 is 0 Å². The quantitative estimate of drug-likeness (QED) is 0.843. The van der Waals surface area contributed by atoms with Crippen LogP contribution in [0.2, 0.25) is 0 Å². The number of thioether (sulfide) groups is 1. The Balaban J connectivity index is 1.45. The maximum atomic E-state index is 12.9. The molecule has 2 aliphatic rings. The van der Waals surface area contributed by atoms with Gasteiger partial charge in [0.25, 0.3) is 0 Å². The van der Waals surface area contributed by atoms with Crippen LogP contribution in [-0.2, 0) is 9.59 Å². The minimum absolute atomic E-state index is 0.0137. The molecule has 2 aliphatic heterocycles. The van der Waals surface area contributed by atoms with Crippen molar-refractivity contribution >= 4 is 23.6 Å². The van der Waals surface area contributed by atoms with Gasteiger partial charge in [-0.1, -0.05) is 60.7 Å². The van der Waals surface area contributed by atoms with Gasteiger partial charge in [-0.2, -0.15) is 11.8 Å². The Morgan fingerprint density at radius 3 is 2.10 bits per heavy atom. The molecule has 1 atom stereocenters. The Morgan fingerprint density at radius 1 is 0.931 bits per heavy atom. The third kappa shape index (κ3) is 4.82. The van der Waals surface area contributed by atoms with E-state index in [-0.39, 0.29) is 23.9 Å². The van der Waals surface area contributed by atoms with E-state index in [1.807, 2.05) is 17.0 Å². The summed E-state index contributed by atoms with van der Waals surface area (Å²) < 4.78 is 0. The molecule has 0 saturated carbocycles. The van der Waals surface area contributed by atoms with E-state index < -0.39 is 0 Å². The monoisotopic (exact) mass is 409 g/mol. The van der Waals surface area contributed by atoms with Gasteiger partial charge in [0.05, 0.1) is 6.04 Å². The SMILES string of the molecule is O=C1CCSC[C@H](C(=O)N2CCN(C(c3ccccc3)c3ccccc3)CC2)N1. The second kappa shape index (κ2) is 9.46. The fourth-order valence-corrected chi connectivity index (χ4v) is 5.07. The highest BCUT2D eigenvalue weighted by Crippen LogP contribution is 2.29. The van der Waals surface area contributed by atoms with Crippen LogP contribution in [0.5, 0.6) is 0 Å². The normalized spacial score (nSPS) is 20.9. The van der Waals surface area contributed by atoms with Crippen molar-refractivity contribution in [1.29, 1.82) is 0 Å². The first-order chi connectivity index (χ1) is 14.2. The van der Waals surface area contributed by atoms with E-state index in [1.54, 1.807) is 11.8 Å². The molecule has 6 heteroatoms. The average Bonchev–Trinajstić information content (AvgIpc) is 3.00. The van der Waals surface area contributed by atoms with Gasteiger partial charge < -0.3 is 10.2 Å². The summed E-state index contributed by atoms with van der Waals surface area (Å²) in [6, 6.07) is 20.9. The summed E-state index contributed by atoms with van der Waals surface area (Å²) in [7, 11) is 0. The number of hydrogen-bond donors (Lipinski definition) is 1. The topological polar surface area (TPSA) is 52.7 Å². The molecule has 4 rings (SSSR count). The summed E-state index contributed by atoms with van der Waals surface area (Å²) in [5.41, 5.74) is 2.54. The van der Waals surface area contributed by atoms with Gasteiger partial charge in [-0.25, -0.2) is 0 Å². The summed E-state index contributed by atoms with van der Waals surface area (Å²) >= 11 is 1.68. The zero-order valence-electron chi connectivity index (χ0n) is 16.5. The van der Waals surface area contributed by atoms with Crippen LogP contribution < -0.4 is 5.32 Å². The Hall–Kier alpha value is -2.31. The Bertz CT molecular complexity index is 783.